The average Bonchev–Trinajstić information content (AvgIpc) is 3.22. The second-order valence-electron chi connectivity index (χ2n) is 7.87. The zero-order valence-corrected chi connectivity index (χ0v) is 16.5. The van der Waals surface area contributed by atoms with Crippen molar-refractivity contribution in [1.29, 1.82) is 0 Å². The van der Waals surface area contributed by atoms with E-state index in [0.717, 1.165) is 36.8 Å². The van der Waals surface area contributed by atoms with Gasteiger partial charge in [-0.3, -0.25) is 9.59 Å². The number of benzene rings is 2. The number of carbonyl (C=O) groups excluding carboxylic acids is 2. The maximum absolute atomic E-state index is 13.2. The Hall–Kier alpha value is -2.89. The van der Waals surface area contributed by atoms with Crippen LogP contribution in [0.25, 0.3) is 0 Å². The first kappa shape index (κ1) is 19.4. The lowest BCUT2D eigenvalue weighted by Crippen LogP contribution is -2.37. The topological polar surface area (TPSA) is 58.6 Å². The van der Waals surface area contributed by atoms with Crippen molar-refractivity contribution in [3.05, 3.63) is 59.4 Å². The van der Waals surface area contributed by atoms with Gasteiger partial charge in [0.2, 0.25) is 5.91 Å². The molecule has 5 nitrogen and oxygen atoms in total. The summed E-state index contributed by atoms with van der Waals surface area (Å²) in [5.41, 5.74) is 2.41. The molecule has 29 heavy (non-hydrogen) atoms. The van der Waals surface area contributed by atoms with Gasteiger partial charge in [-0.25, -0.2) is 4.39 Å². The van der Waals surface area contributed by atoms with Gasteiger partial charge in [0.15, 0.2) is 6.10 Å². The van der Waals surface area contributed by atoms with Crippen LogP contribution in [0.2, 0.25) is 0 Å². The number of fused-ring (bicyclic) bond motifs is 1. The SMILES string of the molecule is CC1Oc2ccc(NC(=O)C3CCCC3)cc2CN(Cc2ccc(F)cc2)C1=O. The normalized spacial score (nSPS) is 19.4. The number of amides is 2. The van der Waals surface area contributed by atoms with E-state index in [-0.39, 0.29) is 23.5 Å². The lowest BCUT2D eigenvalue weighted by Gasteiger charge is -2.22. The van der Waals surface area contributed by atoms with Crippen LogP contribution < -0.4 is 10.1 Å². The van der Waals surface area contributed by atoms with Gasteiger partial charge >= 0.3 is 0 Å². The molecule has 1 atom stereocenters. The van der Waals surface area contributed by atoms with Crippen LogP contribution in [-0.4, -0.2) is 22.8 Å². The molecule has 2 aromatic carbocycles. The predicted molar refractivity (Wildman–Crippen MR) is 108 cm³/mol. The number of hydrogen-bond acceptors (Lipinski definition) is 3. The summed E-state index contributed by atoms with van der Waals surface area (Å²) < 4.78 is 19.0. The molecular weight excluding hydrogens is 371 g/mol. The summed E-state index contributed by atoms with van der Waals surface area (Å²) in [7, 11) is 0. The van der Waals surface area contributed by atoms with Crippen LogP contribution in [0.15, 0.2) is 42.5 Å². The molecule has 1 aliphatic heterocycles. The molecule has 0 spiro atoms. The molecule has 1 N–H and O–H groups in total. The van der Waals surface area contributed by atoms with Gasteiger partial charge in [0.1, 0.15) is 11.6 Å². The average molecular weight is 396 g/mol. The number of rotatable bonds is 4. The number of nitrogens with zero attached hydrogens (tertiary/aromatic N) is 1. The maximum Gasteiger partial charge on any atom is 0.263 e. The minimum Gasteiger partial charge on any atom is -0.481 e. The molecule has 2 aromatic rings. The van der Waals surface area contributed by atoms with E-state index < -0.39 is 6.10 Å². The highest BCUT2D eigenvalue weighted by Crippen LogP contribution is 2.31. The lowest BCUT2D eigenvalue weighted by atomic mass is 10.1. The quantitative estimate of drug-likeness (QED) is 0.840. The van der Waals surface area contributed by atoms with Gasteiger partial charge in [0.05, 0.1) is 0 Å². The van der Waals surface area contributed by atoms with Crippen LogP contribution in [0.5, 0.6) is 5.75 Å². The third-order valence-electron chi connectivity index (χ3n) is 5.67. The van der Waals surface area contributed by atoms with Crippen molar-refractivity contribution in [3.8, 4) is 5.75 Å². The molecule has 0 radical (unpaired) electrons. The Morgan fingerprint density at radius 2 is 1.90 bits per heavy atom. The highest BCUT2D eigenvalue weighted by atomic mass is 19.1. The van der Waals surface area contributed by atoms with E-state index in [2.05, 4.69) is 5.32 Å². The Kier molecular flexibility index (Phi) is 5.51. The fraction of sp³-hybridized carbons (Fsp3) is 0.391. The molecule has 1 heterocycles. The van der Waals surface area contributed by atoms with Crippen LogP contribution in [0, 0.1) is 11.7 Å². The summed E-state index contributed by atoms with van der Waals surface area (Å²) in [5.74, 6) is 0.361. The van der Waals surface area contributed by atoms with Gasteiger partial charge in [-0.15, -0.1) is 0 Å². The Bertz CT molecular complexity index is 907. The smallest absolute Gasteiger partial charge is 0.263 e. The first-order valence-corrected chi connectivity index (χ1v) is 10.1. The first-order valence-electron chi connectivity index (χ1n) is 10.1. The molecule has 4 rings (SSSR count). The number of halogens is 1. The molecule has 0 saturated heterocycles. The molecule has 2 amide bonds. The standard InChI is InChI=1S/C23H25FN2O3/c1-15-23(28)26(13-16-6-8-19(24)9-7-16)14-18-12-20(10-11-21(18)29-15)25-22(27)17-4-2-3-5-17/h6-12,15,17H,2-5,13-14H2,1H3,(H,25,27). The summed E-state index contributed by atoms with van der Waals surface area (Å²) in [6, 6.07) is 11.6. The minimum absolute atomic E-state index is 0.0598. The van der Waals surface area contributed by atoms with Crippen molar-refractivity contribution in [1.82, 2.24) is 4.90 Å². The van der Waals surface area contributed by atoms with E-state index in [0.29, 0.717) is 24.5 Å². The van der Waals surface area contributed by atoms with E-state index in [1.54, 1.807) is 24.0 Å². The van der Waals surface area contributed by atoms with Crippen molar-refractivity contribution in [2.45, 2.75) is 51.8 Å². The van der Waals surface area contributed by atoms with E-state index >= 15 is 0 Å². The molecular formula is C23H25FN2O3. The van der Waals surface area contributed by atoms with Crippen LogP contribution in [0.4, 0.5) is 10.1 Å². The van der Waals surface area contributed by atoms with Crippen LogP contribution >= 0.6 is 0 Å². The van der Waals surface area contributed by atoms with Crippen molar-refractivity contribution in [3.63, 3.8) is 0 Å². The monoisotopic (exact) mass is 396 g/mol. The summed E-state index contributed by atoms with van der Waals surface area (Å²) in [4.78, 5) is 26.9. The molecule has 1 fully saturated rings. The fourth-order valence-electron chi connectivity index (χ4n) is 4.05. The summed E-state index contributed by atoms with van der Waals surface area (Å²) in [6.45, 7) is 2.46. The van der Waals surface area contributed by atoms with Gasteiger partial charge < -0.3 is 15.0 Å². The Morgan fingerprint density at radius 3 is 2.62 bits per heavy atom. The van der Waals surface area contributed by atoms with E-state index in [4.69, 9.17) is 4.74 Å². The third-order valence-corrected chi connectivity index (χ3v) is 5.67. The van der Waals surface area contributed by atoms with Crippen LogP contribution in [0.3, 0.4) is 0 Å². The molecule has 6 heteroatoms. The number of carbonyl (C=O) groups is 2. The van der Waals surface area contributed by atoms with Gasteiger partial charge in [-0.2, -0.15) is 0 Å². The van der Waals surface area contributed by atoms with Crippen molar-refractivity contribution in [2.75, 3.05) is 5.32 Å². The third kappa shape index (κ3) is 4.42. The zero-order valence-electron chi connectivity index (χ0n) is 16.5. The van der Waals surface area contributed by atoms with E-state index in [1.165, 1.54) is 12.1 Å². The van der Waals surface area contributed by atoms with Gasteiger partial charge in [-0.05, 0) is 55.7 Å². The van der Waals surface area contributed by atoms with Gasteiger partial charge in [0.25, 0.3) is 5.91 Å². The zero-order chi connectivity index (χ0) is 20.4. The van der Waals surface area contributed by atoms with Crippen molar-refractivity contribution < 1.29 is 18.7 Å². The highest BCUT2D eigenvalue weighted by Gasteiger charge is 2.28. The Morgan fingerprint density at radius 1 is 1.17 bits per heavy atom. The van der Waals surface area contributed by atoms with Crippen molar-refractivity contribution >= 4 is 17.5 Å². The van der Waals surface area contributed by atoms with E-state index in [1.807, 2.05) is 18.2 Å². The molecule has 1 unspecified atom stereocenters. The number of nitrogens with one attached hydrogen (secondary N) is 1. The largest absolute Gasteiger partial charge is 0.481 e. The minimum atomic E-state index is -0.615. The number of anilines is 1. The molecule has 152 valence electrons. The number of ether oxygens (including phenoxy) is 1. The van der Waals surface area contributed by atoms with Crippen LogP contribution in [0.1, 0.15) is 43.7 Å². The molecule has 1 aliphatic carbocycles. The van der Waals surface area contributed by atoms with Gasteiger partial charge in [0, 0.05) is 30.3 Å². The van der Waals surface area contributed by atoms with Crippen molar-refractivity contribution in [2.24, 2.45) is 5.92 Å². The van der Waals surface area contributed by atoms with Crippen LogP contribution in [-0.2, 0) is 22.7 Å². The second kappa shape index (κ2) is 8.23. The summed E-state index contributed by atoms with van der Waals surface area (Å²) in [5, 5.41) is 3.01. The Labute approximate surface area is 169 Å². The molecule has 2 aliphatic rings. The Balaban J connectivity index is 1.53. The summed E-state index contributed by atoms with van der Waals surface area (Å²) in [6.07, 6.45) is 3.48. The molecule has 0 aromatic heterocycles. The van der Waals surface area contributed by atoms with Gasteiger partial charge in [-0.1, -0.05) is 25.0 Å². The second-order valence-corrected chi connectivity index (χ2v) is 7.87. The highest BCUT2D eigenvalue weighted by molar-refractivity contribution is 5.93. The number of hydrogen-bond donors (Lipinski definition) is 1. The maximum atomic E-state index is 13.2. The predicted octanol–water partition coefficient (Wildman–Crippen LogP) is 4.26. The summed E-state index contributed by atoms with van der Waals surface area (Å²) >= 11 is 0. The fourth-order valence-corrected chi connectivity index (χ4v) is 4.05. The van der Waals surface area contributed by atoms with E-state index in [9.17, 15) is 14.0 Å². The lowest BCUT2D eigenvalue weighted by molar-refractivity contribution is -0.138. The first-order chi connectivity index (χ1) is 14.0. The molecule has 1 saturated carbocycles. The molecule has 0 bridgehead atoms.